The van der Waals surface area contributed by atoms with Crippen LogP contribution >= 0.6 is 0 Å². The van der Waals surface area contributed by atoms with Crippen molar-refractivity contribution in [2.24, 2.45) is 5.41 Å². The summed E-state index contributed by atoms with van der Waals surface area (Å²) in [5.74, 6) is 0. The van der Waals surface area contributed by atoms with Gasteiger partial charge in [0.15, 0.2) is 0 Å². The largest absolute Gasteiger partial charge is 0.310 e. The highest BCUT2D eigenvalue weighted by atomic mass is 15.3. The molecule has 0 radical (unpaired) electrons. The fraction of sp³-hybridized carbons (Fsp3) is 0.769. The fourth-order valence-corrected chi connectivity index (χ4v) is 2.10. The van der Waals surface area contributed by atoms with Gasteiger partial charge in [-0.15, -0.1) is 0 Å². The molecule has 1 fully saturated rings. The summed E-state index contributed by atoms with van der Waals surface area (Å²) in [6.07, 6.45) is 8.23. The molecule has 1 aromatic heterocycles. The van der Waals surface area contributed by atoms with Gasteiger partial charge in [-0.05, 0) is 38.5 Å². The van der Waals surface area contributed by atoms with Gasteiger partial charge in [0, 0.05) is 30.9 Å². The minimum absolute atomic E-state index is 0.421. The lowest BCUT2D eigenvalue weighted by Gasteiger charge is -2.17. The van der Waals surface area contributed by atoms with Crippen LogP contribution in [-0.2, 0) is 6.54 Å². The standard InChI is InChI=1S/C13H23N3/c1-4-13(6-7-13)10-14-11(3)12-8-15-16(5-2)9-12/h8-9,11,14H,4-7,10H2,1-3H3. The lowest BCUT2D eigenvalue weighted by molar-refractivity contribution is 0.415. The highest BCUT2D eigenvalue weighted by molar-refractivity contribution is 5.09. The molecular formula is C13H23N3. The number of aryl methyl sites for hydroxylation is 1. The van der Waals surface area contributed by atoms with E-state index in [1.807, 2.05) is 10.9 Å². The van der Waals surface area contributed by atoms with Crippen molar-refractivity contribution in [1.82, 2.24) is 15.1 Å². The average Bonchev–Trinajstić information content (AvgIpc) is 2.94. The molecule has 1 atom stereocenters. The minimum Gasteiger partial charge on any atom is -0.310 e. The first-order valence-electron chi connectivity index (χ1n) is 6.45. The van der Waals surface area contributed by atoms with Crippen molar-refractivity contribution in [3.63, 3.8) is 0 Å². The lowest BCUT2D eigenvalue weighted by atomic mass is 10.0. The molecule has 0 saturated heterocycles. The van der Waals surface area contributed by atoms with Gasteiger partial charge in [-0.25, -0.2) is 0 Å². The number of rotatable bonds is 6. The Hall–Kier alpha value is -0.830. The molecule has 0 bridgehead atoms. The van der Waals surface area contributed by atoms with Crippen molar-refractivity contribution in [2.75, 3.05) is 6.54 Å². The minimum atomic E-state index is 0.421. The maximum atomic E-state index is 4.31. The molecule has 0 amide bonds. The van der Waals surface area contributed by atoms with Crippen LogP contribution in [0.25, 0.3) is 0 Å². The summed E-state index contributed by atoms with van der Waals surface area (Å²) < 4.78 is 1.99. The Bertz CT molecular complexity index is 339. The maximum Gasteiger partial charge on any atom is 0.0537 e. The molecule has 0 aromatic carbocycles. The van der Waals surface area contributed by atoms with Crippen LogP contribution in [0.5, 0.6) is 0 Å². The van der Waals surface area contributed by atoms with Crippen LogP contribution in [0.15, 0.2) is 12.4 Å². The van der Waals surface area contributed by atoms with E-state index in [-0.39, 0.29) is 0 Å². The molecule has 1 unspecified atom stereocenters. The molecule has 16 heavy (non-hydrogen) atoms. The van der Waals surface area contributed by atoms with E-state index in [1.165, 1.54) is 24.8 Å². The van der Waals surface area contributed by atoms with Crippen molar-refractivity contribution in [1.29, 1.82) is 0 Å². The molecule has 2 rings (SSSR count). The molecule has 90 valence electrons. The van der Waals surface area contributed by atoms with Crippen molar-refractivity contribution < 1.29 is 0 Å². The van der Waals surface area contributed by atoms with Crippen LogP contribution in [0, 0.1) is 5.41 Å². The molecule has 1 N–H and O–H groups in total. The van der Waals surface area contributed by atoms with E-state index >= 15 is 0 Å². The molecular weight excluding hydrogens is 198 g/mol. The predicted molar refractivity (Wildman–Crippen MR) is 66.3 cm³/mol. The van der Waals surface area contributed by atoms with E-state index in [9.17, 15) is 0 Å². The monoisotopic (exact) mass is 221 g/mol. The zero-order valence-corrected chi connectivity index (χ0v) is 10.7. The van der Waals surface area contributed by atoms with E-state index in [1.54, 1.807) is 0 Å². The number of nitrogens with one attached hydrogen (secondary N) is 1. The van der Waals surface area contributed by atoms with Crippen LogP contribution in [0.3, 0.4) is 0 Å². The zero-order valence-electron chi connectivity index (χ0n) is 10.7. The smallest absolute Gasteiger partial charge is 0.0537 e. The van der Waals surface area contributed by atoms with Crippen LogP contribution in [0.1, 0.15) is 51.6 Å². The Morgan fingerprint density at radius 3 is 2.75 bits per heavy atom. The molecule has 1 saturated carbocycles. The molecule has 0 spiro atoms. The van der Waals surface area contributed by atoms with Gasteiger partial charge in [0.2, 0.25) is 0 Å². The molecule has 3 heteroatoms. The van der Waals surface area contributed by atoms with E-state index in [4.69, 9.17) is 0 Å². The summed E-state index contributed by atoms with van der Waals surface area (Å²) >= 11 is 0. The number of hydrogen-bond acceptors (Lipinski definition) is 2. The third-order valence-corrected chi connectivity index (χ3v) is 3.97. The second-order valence-corrected chi connectivity index (χ2v) is 5.09. The number of aromatic nitrogens is 2. The Balaban J connectivity index is 1.85. The highest BCUT2D eigenvalue weighted by Crippen LogP contribution is 2.48. The summed E-state index contributed by atoms with van der Waals surface area (Å²) in [4.78, 5) is 0. The Morgan fingerprint density at radius 2 is 2.25 bits per heavy atom. The van der Waals surface area contributed by atoms with Crippen molar-refractivity contribution >= 4 is 0 Å². The third-order valence-electron chi connectivity index (χ3n) is 3.97. The van der Waals surface area contributed by atoms with Gasteiger partial charge in [-0.1, -0.05) is 6.92 Å². The third kappa shape index (κ3) is 2.46. The fourth-order valence-electron chi connectivity index (χ4n) is 2.10. The van der Waals surface area contributed by atoms with Gasteiger partial charge in [-0.2, -0.15) is 5.10 Å². The van der Waals surface area contributed by atoms with Crippen LogP contribution in [0.2, 0.25) is 0 Å². The van der Waals surface area contributed by atoms with Gasteiger partial charge in [-0.3, -0.25) is 4.68 Å². The SMILES string of the molecule is CCn1cc(C(C)NCC2(CC)CC2)cn1. The van der Waals surface area contributed by atoms with Gasteiger partial charge in [0.05, 0.1) is 6.20 Å². The summed E-state index contributed by atoms with van der Waals surface area (Å²) in [6, 6.07) is 0.421. The topological polar surface area (TPSA) is 29.9 Å². The molecule has 1 heterocycles. The van der Waals surface area contributed by atoms with Gasteiger partial charge >= 0.3 is 0 Å². The lowest BCUT2D eigenvalue weighted by Crippen LogP contribution is -2.26. The first-order valence-corrected chi connectivity index (χ1v) is 6.45. The van der Waals surface area contributed by atoms with E-state index in [2.05, 4.69) is 37.4 Å². The normalized spacial score (nSPS) is 19.7. The number of hydrogen-bond donors (Lipinski definition) is 1. The van der Waals surface area contributed by atoms with Crippen molar-refractivity contribution in [3.8, 4) is 0 Å². The van der Waals surface area contributed by atoms with Crippen molar-refractivity contribution in [2.45, 2.75) is 52.6 Å². The average molecular weight is 221 g/mol. The number of nitrogens with zero attached hydrogens (tertiary/aromatic N) is 2. The second kappa shape index (κ2) is 4.58. The second-order valence-electron chi connectivity index (χ2n) is 5.09. The van der Waals surface area contributed by atoms with Gasteiger partial charge in [0.25, 0.3) is 0 Å². The molecule has 3 nitrogen and oxygen atoms in total. The summed E-state index contributed by atoms with van der Waals surface area (Å²) in [6.45, 7) is 8.75. The van der Waals surface area contributed by atoms with Crippen LogP contribution < -0.4 is 5.32 Å². The molecule has 1 aliphatic carbocycles. The highest BCUT2D eigenvalue weighted by Gasteiger charge is 2.40. The van der Waals surface area contributed by atoms with Crippen molar-refractivity contribution in [3.05, 3.63) is 18.0 Å². The summed E-state index contributed by atoms with van der Waals surface area (Å²) in [7, 11) is 0. The Kier molecular flexibility index (Phi) is 3.33. The first-order chi connectivity index (χ1) is 7.69. The van der Waals surface area contributed by atoms with E-state index < -0.39 is 0 Å². The maximum absolute atomic E-state index is 4.31. The Labute approximate surface area is 98.2 Å². The first kappa shape index (κ1) is 11.6. The van der Waals surface area contributed by atoms with E-state index in [0.29, 0.717) is 11.5 Å². The van der Waals surface area contributed by atoms with Crippen LogP contribution in [0.4, 0.5) is 0 Å². The molecule has 1 aromatic rings. The molecule has 0 aliphatic heterocycles. The van der Waals surface area contributed by atoms with E-state index in [0.717, 1.165) is 13.1 Å². The zero-order chi connectivity index (χ0) is 11.6. The summed E-state index contributed by atoms with van der Waals surface area (Å²) in [5.41, 5.74) is 1.92. The summed E-state index contributed by atoms with van der Waals surface area (Å²) in [5, 5.41) is 7.95. The Morgan fingerprint density at radius 1 is 1.50 bits per heavy atom. The van der Waals surface area contributed by atoms with Gasteiger partial charge in [0.1, 0.15) is 0 Å². The van der Waals surface area contributed by atoms with Crippen LogP contribution in [-0.4, -0.2) is 16.3 Å². The van der Waals surface area contributed by atoms with Gasteiger partial charge < -0.3 is 5.32 Å². The predicted octanol–water partition coefficient (Wildman–Crippen LogP) is 2.74. The molecule has 1 aliphatic rings. The quantitative estimate of drug-likeness (QED) is 0.800.